The standard InChI is InChI=1S/C25H26ClN5OS/c1-17-4-8-19(9-5-17)22-16-31-24(28-22)33-25(29-31)30-14-2-3-20(15-30)23(32)27-13-12-18-6-10-21(26)11-7-18/h4-11,16,20H,2-3,12-15H2,1H3,(H,27,32). The average molecular weight is 480 g/mol. The summed E-state index contributed by atoms with van der Waals surface area (Å²) in [5, 5.41) is 9.52. The van der Waals surface area contributed by atoms with Crippen LogP contribution in [0.25, 0.3) is 16.2 Å². The first-order valence-electron chi connectivity index (χ1n) is 11.3. The number of fused-ring (bicyclic) bond motifs is 1. The highest BCUT2D eigenvalue weighted by Gasteiger charge is 2.27. The van der Waals surface area contributed by atoms with E-state index >= 15 is 0 Å². The molecule has 33 heavy (non-hydrogen) atoms. The van der Waals surface area contributed by atoms with E-state index in [1.54, 1.807) is 11.3 Å². The van der Waals surface area contributed by atoms with E-state index in [4.69, 9.17) is 21.7 Å². The van der Waals surface area contributed by atoms with Gasteiger partial charge in [-0.1, -0.05) is 64.9 Å². The van der Waals surface area contributed by atoms with Crippen LogP contribution in [0.2, 0.25) is 5.02 Å². The van der Waals surface area contributed by atoms with E-state index in [0.29, 0.717) is 13.1 Å². The highest BCUT2D eigenvalue weighted by Crippen LogP contribution is 2.30. The van der Waals surface area contributed by atoms with Crippen molar-refractivity contribution < 1.29 is 4.79 Å². The highest BCUT2D eigenvalue weighted by atomic mass is 35.5. The van der Waals surface area contributed by atoms with Crippen LogP contribution in [0.3, 0.4) is 0 Å². The Bertz CT molecular complexity index is 1220. The summed E-state index contributed by atoms with van der Waals surface area (Å²) in [6.45, 7) is 4.31. The van der Waals surface area contributed by atoms with Crippen molar-refractivity contribution in [3.63, 3.8) is 0 Å². The van der Waals surface area contributed by atoms with Crippen molar-refractivity contribution in [2.75, 3.05) is 24.5 Å². The summed E-state index contributed by atoms with van der Waals surface area (Å²) < 4.78 is 1.85. The molecule has 0 spiro atoms. The molecule has 0 bridgehead atoms. The molecule has 3 heterocycles. The molecule has 1 saturated heterocycles. The molecular formula is C25H26ClN5OS. The molecule has 1 aliphatic heterocycles. The number of halogens is 1. The lowest BCUT2D eigenvalue weighted by Crippen LogP contribution is -2.43. The highest BCUT2D eigenvalue weighted by molar-refractivity contribution is 7.20. The number of nitrogens with one attached hydrogen (secondary N) is 1. The van der Waals surface area contributed by atoms with Gasteiger partial charge in [0.05, 0.1) is 17.8 Å². The number of anilines is 1. The molecule has 0 saturated carbocycles. The lowest BCUT2D eigenvalue weighted by atomic mass is 9.97. The van der Waals surface area contributed by atoms with E-state index in [1.807, 2.05) is 35.0 Å². The van der Waals surface area contributed by atoms with Gasteiger partial charge in [-0.25, -0.2) is 9.50 Å². The molecule has 0 radical (unpaired) electrons. The van der Waals surface area contributed by atoms with E-state index in [9.17, 15) is 4.79 Å². The third-order valence-corrected chi connectivity index (χ3v) is 7.30. The molecule has 1 amide bonds. The van der Waals surface area contributed by atoms with E-state index in [2.05, 4.69) is 41.4 Å². The molecule has 8 heteroatoms. The Labute approximate surface area is 202 Å². The Morgan fingerprint density at radius 2 is 1.97 bits per heavy atom. The summed E-state index contributed by atoms with van der Waals surface area (Å²) in [7, 11) is 0. The van der Waals surface area contributed by atoms with Crippen LogP contribution in [0.4, 0.5) is 5.13 Å². The van der Waals surface area contributed by atoms with Crippen molar-refractivity contribution in [2.45, 2.75) is 26.2 Å². The minimum atomic E-state index is -0.0247. The van der Waals surface area contributed by atoms with Gasteiger partial charge in [-0.15, -0.1) is 5.10 Å². The number of piperidine rings is 1. The van der Waals surface area contributed by atoms with E-state index in [-0.39, 0.29) is 11.8 Å². The molecular weight excluding hydrogens is 454 g/mol. The Balaban J connectivity index is 1.20. The van der Waals surface area contributed by atoms with Crippen LogP contribution in [0.1, 0.15) is 24.0 Å². The number of benzene rings is 2. The van der Waals surface area contributed by atoms with Gasteiger partial charge in [0.1, 0.15) is 0 Å². The molecule has 170 valence electrons. The SMILES string of the molecule is Cc1ccc(-c2cn3nc(N4CCCC(C(=O)NCCc5ccc(Cl)cc5)C4)sc3n2)cc1. The molecule has 1 unspecified atom stereocenters. The van der Waals surface area contributed by atoms with Crippen LogP contribution in [0, 0.1) is 12.8 Å². The molecule has 1 atom stereocenters. The fourth-order valence-electron chi connectivity index (χ4n) is 4.17. The number of amides is 1. The monoisotopic (exact) mass is 479 g/mol. The summed E-state index contributed by atoms with van der Waals surface area (Å²) >= 11 is 7.51. The molecule has 4 aromatic rings. The number of hydrogen-bond acceptors (Lipinski definition) is 5. The maximum Gasteiger partial charge on any atom is 0.224 e. The Kier molecular flexibility index (Phi) is 6.33. The number of aromatic nitrogens is 3. The average Bonchev–Trinajstić information content (AvgIpc) is 3.41. The van der Waals surface area contributed by atoms with Crippen LogP contribution >= 0.6 is 22.9 Å². The van der Waals surface area contributed by atoms with E-state index < -0.39 is 0 Å². The Morgan fingerprint density at radius 1 is 1.18 bits per heavy atom. The summed E-state index contributed by atoms with van der Waals surface area (Å²) in [5.41, 5.74) is 4.42. The molecule has 5 rings (SSSR count). The van der Waals surface area contributed by atoms with Gasteiger partial charge in [0.2, 0.25) is 16.0 Å². The maximum absolute atomic E-state index is 12.8. The Morgan fingerprint density at radius 3 is 2.73 bits per heavy atom. The van der Waals surface area contributed by atoms with Crippen molar-refractivity contribution in [2.24, 2.45) is 5.92 Å². The van der Waals surface area contributed by atoms with Gasteiger partial charge in [0.25, 0.3) is 0 Å². The first-order valence-corrected chi connectivity index (χ1v) is 12.4. The number of carbonyl (C=O) groups excluding carboxylic acids is 1. The zero-order chi connectivity index (χ0) is 22.8. The molecule has 2 aromatic heterocycles. The second-order valence-electron chi connectivity index (χ2n) is 8.56. The van der Waals surface area contributed by atoms with Crippen molar-refractivity contribution in [3.8, 4) is 11.3 Å². The Hall–Kier alpha value is -2.90. The number of imidazole rings is 1. The summed E-state index contributed by atoms with van der Waals surface area (Å²) in [5.74, 6) is 0.0972. The van der Waals surface area contributed by atoms with E-state index in [0.717, 1.165) is 52.2 Å². The number of hydrogen-bond donors (Lipinski definition) is 1. The molecule has 0 aliphatic carbocycles. The minimum Gasteiger partial charge on any atom is -0.355 e. The number of carbonyl (C=O) groups is 1. The normalized spacial score (nSPS) is 16.3. The first-order chi connectivity index (χ1) is 16.0. The van der Waals surface area contributed by atoms with Crippen molar-refractivity contribution in [1.82, 2.24) is 19.9 Å². The van der Waals surface area contributed by atoms with Gasteiger partial charge in [0.15, 0.2) is 0 Å². The van der Waals surface area contributed by atoms with Crippen molar-refractivity contribution in [3.05, 3.63) is 70.9 Å². The molecule has 2 aromatic carbocycles. The number of rotatable bonds is 6. The smallest absolute Gasteiger partial charge is 0.224 e. The van der Waals surface area contributed by atoms with Gasteiger partial charge in [-0.2, -0.15) is 0 Å². The van der Waals surface area contributed by atoms with Crippen molar-refractivity contribution >= 4 is 38.9 Å². The third kappa shape index (κ3) is 5.04. The molecule has 1 aliphatic rings. The van der Waals surface area contributed by atoms with Crippen LogP contribution in [-0.2, 0) is 11.2 Å². The topological polar surface area (TPSA) is 62.5 Å². The lowest BCUT2D eigenvalue weighted by molar-refractivity contribution is -0.125. The lowest BCUT2D eigenvalue weighted by Gasteiger charge is -2.31. The van der Waals surface area contributed by atoms with Gasteiger partial charge in [-0.05, 0) is 43.9 Å². The predicted molar refractivity (Wildman–Crippen MR) is 134 cm³/mol. The minimum absolute atomic E-state index is 0.0247. The van der Waals surface area contributed by atoms with Gasteiger partial charge in [-0.3, -0.25) is 4.79 Å². The fraction of sp³-hybridized carbons (Fsp3) is 0.320. The van der Waals surface area contributed by atoms with Crippen LogP contribution in [-0.4, -0.2) is 40.1 Å². The second-order valence-corrected chi connectivity index (χ2v) is 9.93. The fourth-order valence-corrected chi connectivity index (χ4v) is 5.22. The zero-order valence-electron chi connectivity index (χ0n) is 18.5. The summed E-state index contributed by atoms with van der Waals surface area (Å²) in [4.78, 5) is 20.6. The van der Waals surface area contributed by atoms with E-state index in [1.165, 1.54) is 11.1 Å². The second kappa shape index (κ2) is 9.53. The third-order valence-electron chi connectivity index (χ3n) is 6.07. The first kappa shape index (κ1) is 21.9. The molecule has 1 fully saturated rings. The van der Waals surface area contributed by atoms with Gasteiger partial charge < -0.3 is 10.2 Å². The van der Waals surface area contributed by atoms with Crippen LogP contribution in [0.15, 0.2) is 54.7 Å². The maximum atomic E-state index is 12.8. The van der Waals surface area contributed by atoms with Gasteiger partial charge >= 0.3 is 0 Å². The zero-order valence-corrected chi connectivity index (χ0v) is 20.1. The van der Waals surface area contributed by atoms with Crippen molar-refractivity contribution in [1.29, 1.82) is 0 Å². The number of nitrogens with zero attached hydrogens (tertiary/aromatic N) is 4. The summed E-state index contributed by atoms with van der Waals surface area (Å²) in [6, 6.07) is 16.1. The molecule has 6 nitrogen and oxygen atoms in total. The number of aryl methyl sites for hydroxylation is 1. The molecule has 1 N–H and O–H groups in total. The van der Waals surface area contributed by atoms with Gasteiger partial charge in [0, 0.05) is 30.2 Å². The van der Waals surface area contributed by atoms with Crippen LogP contribution < -0.4 is 10.2 Å². The summed E-state index contributed by atoms with van der Waals surface area (Å²) in [6.07, 6.45) is 4.66. The quantitative estimate of drug-likeness (QED) is 0.423. The largest absolute Gasteiger partial charge is 0.355 e. The van der Waals surface area contributed by atoms with Crippen LogP contribution in [0.5, 0.6) is 0 Å². The predicted octanol–water partition coefficient (Wildman–Crippen LogP) is 4.99.